The quantitative estimate of drug-likeness (QED) is 0.759. The standard InChI is InChI=1S/C15H18N2O/c1-17-15-7-6-13(8-14(15)9-16-17)12-4-2-11(10-18)3-5-12/h6-12H,2-5H2,1H3/t11-,12-. The van der Waals surface area contributed by atoms with Crippen molar-refractivity contribution in [2.24, 2.45) is 13.0 Å². The van der Waals surface area contributed by atoms with Gasteiger partial charge in [0.15, 0.2) is 0 Å². The zero-order chi connectivity index (χ0) is 12.5. The number of nitrogens with zero attached hydrogens (tertiary/aromatic N) is 2. The molecule has 3 rings (SSSR count). The summed E-state index contributed by atoms with van der Waals surface area (Å²) in [6.07, 6.45) is 7.40. The van der Waals surface area contributed by atoms with Crippen molar-refractivity contribution in [3.63, 3.8) is 0 Å². The molecule has 0 unspecified atom stereocenters. The van der Waals surface area contributed by atoms with E-state index in [2.05, 4.69) is 23.3 Å². The first-order chi connectivity index (χ1) is 8.78. The SMILES string of the molecule is Cn1ncc2cc([C@H]3CC[C@H](C=O)CC3)ccc21. The Balaban J connectivity index is 1.84. The summed E-state index contributed by atoms with van der Waals surface area (Å²) in [6.45, 7) is 0. The normalized spacial score (nSPS) is 24.3. The monoisotopic (exact) mass is 242 g/mol. The minimum Gasteiger partial charge on any atom is -0.303 e. The third-order valence-electron chi connectivity index (χ3n) is 4.21. The third-order valence-corrected chi connectivity index (χ3v) is 4.21. The fraction of sp³-hybridized carbons (Fsp3) is 0.467. The van der Waals surface area contributed by atoms with Gasteiger partial charge in [0.25, 0.3) is 0 Å². The first-order valence-electron chi connectivity index (χ1n) is 6.65. The van der Waals surface area contributed by atoms with Crippen LogP contribution in [0.1, 0.15) is 37.2 Å². The Kier molecular flexibility index (Phi) is 2.90. The van der Waals surface area contributed by atoms with Crippen LogP contribution in [0.2, 0.25) is 0 Å². The lowest BCUT2D eigenvalue weighted by Gasteiger charge is -2.25. The zero-order valence-corrected chi connectivity index (χ0v) is 10.7. The summed E-state index contributed by atoms with van der Waals surface area (Å²) in [7, 11) is 1.97. The van der Waals surface area contributed by atoms with Gasteiger partial charge in [0.2, 0.25) is 0 Å². The molecule has 0 bridgehead atoms. The van der Waals surface area contributed by atoms with Crippen molar-refractivity contribution in [1.82, 2.24) is 9.78 Å². The van der Waals surface area contributed by atoms with Gasteiger partial charge in [0.05, 0.1) is 11.7 Å². The molecule has 0 aliphatic heterocycles. The Morgan fingerprint density at radius 2 is 2.06 bits per heavy atom. The predicted molar refractivity (Wildman–Crippen MR) is 71.5 cm³/mol. The van der Waals surface area contributed by atoms with Crippen molar-refractivity contribution < 1.29 is 4.79 Å². The van der Waals surface area contributed by atoms with Gasteiger partial charge in [-0.1, -0.05) is 6.07 Å². The van der Waals surface area contributed by atoms with E-state index in [4.69, 9.17) is 0 Å². The lowest BCUT2D eigenvalue weighted by Crippen LogP contribution is -2.14. The van der Waals surface area contributed by atoms with E-state index in [1.165, 1.54) is 16.5 Å². The highest BCUT2D eigenvalue weighted by molar-refractivity contribution is 5.79. The van der Waals surface area contributed by atoms with Gasteiger partial charge in [-0.3, -0.25) is 4.68 Å². The van der Waals surface area contributed by atoms with Gasteiger partial charge in [-0.25, -0.2) is 0 Å². The highest BCUT2D eigenvalue weighted by Crippen LogP contribution is 2.35. The number of hydrogen-bond acceptors (Lipinski definition) is 2. The maximum atomic E-state index is 10.8. The average Bonchev–Trinajstić information content (AvgIpc) is 2.80. The van der Waals surface area contributed by atoms with Crippen molar-refractivity contribution in [2.75, 3.05) is 0 Å². The van der Waals surface area contributed by atoms with Crippen molar-refractivity contribution in [3.05, 3.63) is 30.0 Å². The molecule has 0 radical (unpaired) electrons. The number of hydrogen-bond donors (Lipinski definition) is 0. The van der Waals surface area contributed by atoms with Crippen molar-refractivity contribution in [1.29, 1.82) is 0 Å². The van der Waals surface area contributed by atoms with Crippen LogP contribution in [0.15, 0.2) is 24.4 Å². The fourth-order valence-electron chi connectivity index (χ4n) is 3.02. The molecule has 1 aromatic heterocycles. The van der Waals surface area contributed by atoms with Crippen LogP contribution >= 0.6 is 0 Å². The molecule has 2 aromatic rings. The molecule has 1 aromatic carbocycles. The Morgan fingerprint density at radius 1 is 1.28 bits per heavy atom. The molecular weight excluding hydrogens is 224 g/mol. The Bertz CT molecular complexity index is 565. The average molecular weight is 242 g/mol. The number of carbonyl (C=O) groups is 1. The second-order valence-electron chi connectivity index (χ2n) is 5.33. The zero-order valence-electron chi connectivity index (χ0n) is 10.7. The van der Waals surface area contributed by atoms with Crippen molar-refractivity contribution in [2.45, 2.75) is 31.6 Å². The van der Waals surface area contributed by atoms with Crippen LogP contribution in [0.4, 0.5) is 0 Å². The van der Waals surface area contributed by atoms with Gasteiger partial charge >= 0.3 is 0 Å². The highest BCUT2D eigenvalue weighted by atomic mass is 16.1. The molecule has 0 amide bonds. The van der Waals surface area contributed by atoms with E-state index in [0.717, 1.165) is 32.0 Å². The summed E-state index contributed by atoms with van der Waals surface area (Å²) in [5, 5.41) is 5.49. The second kappa shape index (κ2) is 4.56. The lowest BCUT2D eigenvalue weighted by atomic mass is 9.79. The first-order valence-corrected chi connectivity index (χ1v) is 6.65. The van der Waals surface area contributed by atoms with Crippen LogP contribution in [-0.2, 0) is 11.8 Å². The van der Waals surface area contributed by atoms with Crippen LogP contribution < -0.4 is 0 Å². The predicted octanol–water partition coefficient (Wildman–Crippen LogP) is 3.05. The van der Waals surface area contributed by atoms with Crippen molar-refractivity contribution >= 4 is 17.2 Å². The smallest absolute Gasteiger partial charge is 0.123 e. The van der Waals surface area contributed by atoms with Gasteiger partial charge in [-0.05, 0) is 49.3 Å². The molecular formula is C15H18N2O. The fourth-order valence-corrected chi connectivity index (χ4v) is 3.02. The lowest BCUT2D eigenvalue weighted by molar-refractivity contribution is -0.111. The molecule has 0 spiro atoms. The number of aldehydes is 1. The third kappa shape index (κ3) is 1.94. The van der Waals surface area contributed by atoms with Crippen LogP contribution in [0.3, 0.4) is 0 Å². The maximum Gasteiger partial charge on any atom is 0.123 e. The van der Waals surface area contributed by atoms with E-state index in [-0.39, 0.29) is 0 Å². The van der Waals surface area contributed by atoms with Gasteiger partial charge in [0, 0.05) is 18.4 Å². The summed E-state index contributed by atoms with van der Waals surface area (Å²) in [6, 6.07) is 6.63. The van der Waals surface area contributed by atoms with Crippen LogP contribution in [0, 0.1) is 5.92 Å². The molecule has 1 fully saturated rings. The van der Waals surface area contributed by atoms with E-state index in [1.54, 1.807) is 0 Å². The molecule has 94 valence electrons. The number of aryl methyl sites for hydroxylation is 1. The Hall–Kier alpha value is -1.64. The second-order valence-corrected chi connectivity index (χ2v) is 5.33. The van der Waals surface area contributed by atoms with Crippen LogP contribution in [0.5, 0.6) is 0 Å². The maximum absolute atomic E-state index is 10.8. The van der Waals surface area contributed by atoms with Crippen molar-refractivity contribution in [3.8, 4) is 0 Å². The number of carbonyl (C=O) groups excluding carboxylic acids is 1. The van der Waals surface area contributed by atoms with Crippen LogP contribution in [-0.4, -0.2) is 16.1 Å². The summed E-state index contributed by atoms with van der Waals surface area (Å²) in [4.78, 5) is 10.8. The van der Waals surface area contributed by atoms with E-state index < -0.39 is 0 Å². The summed E-state index contributed by atoms with van der Waals surface area (Å²) >= 11 is 0. The number of rotatable bonds is 2. The summed E-state index contributed by atoms with van der Waals surface area (Å²) in [5.74, 6) is 0.911. The first kappa shape index (κ1) is 11.5. The van der Waals surface area contributed by atoms with Gasteiger partial charge < -0.3 is 4.79 Å². The van der Waals surface area contributed by atoms with E-state index in [0.29, 0.717) is 11.8 Å². The molecule has 0 atom stereocenters. The summed E-state index contributed by atoms with van der Waals surface area (Å²) < 4.78 is 1.91. The molecule has 1 aliphatic rings. The molecule has 3 nitrogen and oxygen atoms in total. The van der Waals surface area contributed by atoms with Gasteiger partial charge in [0.1, 0.15) is 6.29 Å². The van der Waals surface area contributed by atoms with Crippen LogP contribution in [0.25, 0.3) is 10.9 Å². The van der Waals surface area contributed by atoms with E-state index >= 15 is 0 Å². The Morgan fingerprint density at radius 3 is 2.78 bits per heavy atom. The molecule has 1 aliphatic carbocycles. The molecule has 1 saturated carbocycles. The minimum atomic E-state index is 0.295. The van der Waals surface area contributed by atoms with Gasteiger partial charge in [-0.2, -0.15) is 5.10 Å². The largest absolute Gasteiger partial charge is 0.303 e. The molecule has 0 N–H and O–H groups in total. The minimum absolute atomic E-state index is 0.295. The number of fused-ring (bicyclic) bond motifs is 1. The topological polar surface area (TPSA) is 34.9 Å². The molecule has 3 heteroatoms. The summed E-state index contributed by atoms with van der Waals surface area (Å²) in [5.41, 5.74) is 2.58. The molecule has 0 saturated heterocycles. The van der Waals surface area contributed by atoms with Gasteiger partial charge in [-0.15, -0.1) is 0 Å². The van der Waals surface area contributed by atoms with E-state index in [1.807, 2.05) is 17.9 Å². The number of aromatic nitrogens is 2. The highest BCUT2D eigenvalue weighted by Gasteiger charge is 2.22. The molecule has 1 heterocycles. The molecule has 18 heavy (non-hydrogen) atoms. The Labute approximate surface area is 107 Å². The van der Waals surface area contributed by atoms with E-state index in [9.17, 15) is 4.79 Å². The number of benzene rings is 1.